The van der Waals surface area contributed by atoms with Crippen LogP contribution in [0.3, 0.4) is 0 Å². The number of aryl methyl sites for hydroxylation is 2. The molecule has 0 atom stereocenters. The summed E-state index contributed by atoms with van der Waals surface area (Å²) in [6.07, 6.45) is 2.54. The first-order chi connectivity index (χ1) is 11.3. The zero-order valence-corrected chi connectivity index (χ0v) is 14.6. The SMILES string of the molecule is N#Cc1cc2c(nc1NS(=O)(=O)c1cc(Cl)c(N)c(Cl)c1)CCC2. The molecule has 0 saturated heterocycles. The molecule has 1 heterocycles. The topological polar surface area (TPSA) is 109 Å². The molecular formula is C15H12Cl2N4O2S. The van der Waals surface area contributed by atoms with Crippen LogP contribution in [0, 0.1) is 11.3 Å². The summed E-state index contributed by atoms with van der Waals surface area (Å²) in [4.78, 5) is 4.14. The first-order valence-corrected chi connectivity index (χ1v) is 9.26. The molecule has 0 spiro atoms. The van der Waals surface area contributed by atoms with Crippen LogP contribution in [0.4, 0.5) is 11.5 Å². The Bertz CT molecular complexity index is 961. The average molecular weight is 383 g/mol. The molecule has 3 rings (SSSR count). The second-order valence-electron chi connectivity index (χ2n) is 5.36. The van der Waals surface area contributed by atoms with Gasteiger partial charge in [0, 0.05) is 5.69 Å². The lowest BCUT2D eigenvalue weighted by molar-refractivity contribution is 0.601. The van der Waals surface area contributed by atoms with Crippen LogP contribution in [-0.4, -0.2) is 13.4 Å². The molecule has 0 aliphatic heterocycles. The fourth-order valence-electron chi connectivity index (χ4n) is 2.54. The van der Waals surface area contributed by atoms with E-state index in [1.54, 1.807) is 6.07 Å². The molecule has 2 aromatic rings. The van der Waals surface area contributed by atoms with Gasteiger partial charge in [-0.3, -0.25) is 4.72 Å². The molecule has 9 heteroatoms. The highest BCUT2D eigenvalue weighted by molar-refractivity contribution is 7.92. The lowest BCUT2D eigenvalue weighted by atomic mass is 10.1. The van der Waals surface area contributed by atoms with Crippen LogP contribution in [-0.2, 0) is 22.9 Å². The van der Waals surface area contributed by atoms with Gasteiger partial charge in [-0.05, 0) is 43.0 Å². The predicted molar refractivity (Wildman–Crippen MR) is 92.7 cm³/mol. The molecule has 0 radical (unpaired) electrons. The van der Waals surface area contributed by atoms with Gasteiger partial charge in [0.1, 0.15) is 6.07 Å². The average Bonchev–Trinajstić information content (AvgIpc) is 2.98. The Morgan fingerprint density at radius 3 is 2.50 bits per heavy atom. The van der Waals surface area contributed by atoms with E-state index in [2.05, 4.69) is 9.71 Å². The molecule has 0 bridgehead atoms. The smallest absolute Gasteiger partial charge is 0.263 e. The molecule has 0 fully saturated rings. The number of sulfonamides is 1. The summed E-state index contributed by atoms with van der Waals surface area (Å²) in [5.74, 6) is 0.00206. The van der Waals surface area contributed by atoms with Crippen LogP contribution in [0.2, 0.25) is 10.0 Å². The normalized spacial score (nSPS) is 13.4. The predicted octanol–water partition coefficient (Wildman–Crippen LogP) is 3.13. The summed E-state index contributed by atoms with van der Waals surface area (Å²) in [6, 6.07) is 6.04. The molecule has 3 N–H and O–H groups in total. The Morgan fingerprint density at radius 1 is 1.21 bits per heavy atom. The van der Waals surface area contributed by atoms with Crippen molar-refractivity contribution in [2.24, 2.45) is 0 Å². The van der Waals surface area contributed by atoms with E-state index in [0.29, 0.717) is 0 Å². The summed E-state index contributed by atoms with van der Waals surface area (Å²) < 4.78 is 27.5. The van der Waals surface area contributed by atoms with Gasteiger partial charge in [-0.15, -0.1) is 0 Å². The Morgan fingerprint density at radius 2 is 1.88 bits per heavy atom. The second-order valence-corrected chi connectivity index (χ2v) is 7.86. The summed E-state index contributed by atoms with van der Waals surface area (Å²) in [5, 5.41) is 9.32. The van der Waals surface area contributed by atoms with E-state index < -0.39 is 10.0 Å². The maximum atomic E-state index is 12.6. The number of nitriles is 1. The van der Waals surface area contributed by atoms with Gasteiger partial charge in [0.05, 0.1) is 26.2 Å². The van der Waals surface area contributed by atoms with Crippen LogP contribution < -0.4 is 10.5 Å². The number of nitrogen functional groups attached to an aromatic ring is 1. The van der Waals surface area contributed by atoms with Crippen molar-refractivity contribution in [3.8, 4) is 6.07 Å². The van der Waals surface area contributed by atoms with Crippen LogP contribution in [0.1, 0.15) is 23.2 Å². The number of anilines is 2. The number of rotatable bonds is 3. The lowest BCUT2D eigenvalue weighted by Gasteiger charge is -2.12. The highest BCUT2D eigenvalue weighted by Crippen LogP contribution is 2.32. The number of nitrogens with zero attached hydrogens (tertiary/aromatic N) is 2. The molecule has 6 nitrogen and oxygen atoms in total. The van der Waals surface area contributed by atoms with E-state index in [0.717, 1.165) is 30.5 Å². The van der Waals surface area contributed by atoms with Crippen molar-refractivity contribution in [2.45, 2.75) is 24.2 Å². The molecule has 1 aromatic carbocycles. The number of hydrogen-bond acceptors (Lipinski definition) is 5. The number of halogens is 2. The summed E-state index contributed by atoms with van der Waals surface area (Å²) in [6.45, 7) is 0. The fraction of sp³-hybridized carbons (Fsp3) is 0.200. The minimum absolute atomic E-state index is 0.00206. The van der Waals surface area contributed by atoms with E-state index in [-0.39, 0.29) is 32.0 Å². The molecule has 24 heavy (non-hydrogen) atoms. The number of pyridine rings is 1. The third-order valence-electron chi connectivity index (χ3n) is 3.77. The maximum absolute atomic E-state index is 12.6. The van der Waals surface area contributed by atoms with E-state index in [1.165, 1.54) is 12.1 Å². The van der Waals surface area contributed by atoms with E-state index in [1.807, 2.05) is 6.07 Å². The van der Waals surface area contributed by atoms with Gasteiger partial charge in [-0.1, -0.05) is 23.2 Å². The number of fused-ring (bicyclic) bond motifs is 1. The Hall–Kier alpha value is -2.01. The van der Waals surface area contributed by atoms with Gasteiger partial charge in [0.2, 0.25) is 0 Å². The summed E-state index contributed by atoms with van der Waals surface area (Å²) in [7, 11) is -4.01. The minimum atomic E-state index is -4.01. The van der Waals surface area contributed by atoms with Crippen LogP contribution >= 0.6 is 23.2 Å². The summed E-state index contributed by atoms with van der Waals surface area (Å²) >= 11 is 11.8. The van der Waals surface area contributed by atoms with E-state index in [4.69, 9.17) is 28.9 Å². The molecule has 0 amide bonds. The molecule has 1 aliphatic rings. The van der Waals surface area contributed by atoms with Crippen molar-refractivity contribution in [3.63, 3.8) is 0 Å². The number of hydrogen-bond donors (Lipinski definition) is 2. The van der Waals surface area contributed by atoms with Crippen LogP contribution in [0.25, 0.3) is 0 Å². The molecule has 0 saturated carbocycles. The van der Waals surface area contributed by atoms with Crippen molar-refractivity contribution in [3.05, 3.63) is 45.1 Å². The third kappa shape index (κ3) is 3.00. The molecule has 1 aromatic heterocycles. The maximum Gasteiger partial charge on any atom is 0.263 e. The number of aromatic nitrogens is 1. The Labute approximate surface area is 149 Å². The number of nitrogens with one attached hydrogen (secondary N) is 1. The largest absolute Gasteiger partial charge is 0.396 e. The Kier molecular flexibility index (Phi) is 4.30. The van der Waals surface area contributed by atoms with Gasteiger partial charge in [-0.2, -0.15) is 5.26 Å². The Balaban J connectivity index is 2.03. The first-order valence-electron chi connectivity index (χ1n) is 7.02. The highest BCUT2D eigenvalue weighted by Gasteiger charge is 2.22. The number of benzene rings is 1. The van der Waals surface area contributed by atoms with Crippen molar-refractivity contribution in [1.29, 1.82) is 5.26 Å². The fourth-order valence-corrected chi connectivity index (χ4v) is 4.23. The zero-order chi connectivity index (χ0) is 17.5. The standard InChI is InChI=1S/C15H12Cl2N4O2S/c16-11-5-10(6-12(17)14(11)19)24(22,23)21-15-9(7-18)4-8-2-1-3-13(8)20-15/h4-6H,1-3,19H2,(H,20,21). The van der Waals surface area contributed by atoms with Gasteiger partial charge in [0.15, 0.2) is 5.82 Å². The minimum Gasteiger partial charge on any atom is -0.396 e. The van der Waals surface area contributed by atoms with Crippen molar-refractivity contribution in [2.75, 3.05) is 10.5 Å². The van der Waals surface area contributed by atoms with Crippen molar-refractivity contribution < 1.29 is 8.42 Å². The lowest BCUT2D eigenvalue weighted by Crippen LogP contribution is -2.16. The van der Waals surface area contributed by atoms with E-state index >= 15 is 0 Å². The van der Waals surface area contributed by atoms with Gasteiger partial charge < -0.3 is 5.73 Å². The highest BCUT2D eigenvalue weighted by atomic mass is 35.5. The van der Waals surface area contributed by atoms with Gasteiger partial charge in [0.25, 0.3) is 10.0 Å². The quantitative estimate of drug-likeness (QED) is 0.792. The zero-order valence-electron chi connectivity index (χ0n) is 12.3. The third-order valence-corrected chi connectivity index (χ3v) is 5.71. The molecule has 0 unspecified atom stereocenters. The monoisotopic (exact) mass is 382 g/mol. The van der Waals surface area contributed by atoms with Crippen LogP contribution in [0.5, 0.6) is 0 Å². The van der Waals surface area contributed by atoms with Crippen molar-refractivity contribution in [1.82, 2.24) is 4.98 Å². The second kappa shape index (κ2) is 6.13. The van der Waals surface area contributed by atoms with Crippen molar-refractivity contribution >= 4 is 44.7 Å². The first kappa shape index (κ1) is 16.8. The molecule has 124 valence electrons. The molecular weight excluding hydrogens is 371 g/mol. The van der Waals surface area contributed by atoms with Gasteiger partial charge in [-0.25, -0.2) is 13.4 Å². The van der Waals surface area contributed by atoms with Crippen LogP contribution in [0.15, 0.2) is 23.1 Å². The molecule has 1 aliphatic carbocycles. The van der Waals surface area contributed by atoms with E-state index in [9.17, 15) is 13.7 Å². The number of nitrogens with two attached hydrogens (primary N) is 1. The summed E-state index contributed by atoms with van der Waals surface area (Å²) in [5.41, 5.74) is 7.68. The van der Waals surface area contributed by atoms with Gasteiger partial charge >= 0.3 is 0 Å².